The molecule has 0 fully saturated rings. The molecule has 2 aromatic heterocycles. The second-order valence-electron chi connectivity index (χ2n) is 5.75. The zero-order valence-corrected chi connectivity index (χ0v) is 16.5. The van der Waals surface area contributed by atoms with Gasteiger partial charge < -0.3 is 5.32 Å². The van der Waals surface area contributed by atoms with Gasteiger partial charge in [-0.15, -0.1) is 0 Å². The summed E-state index contributed by atoms with van der Waals surface area (Å²) in [7, 11) is -3.79. The van der Waals surface area contributed by atoms with Crippen LogP contribution in [0, 0.1) is 0 Å². The number of pyridine rings is 1. The van der Waals surface area contributed by atoms with Crippen molar-refractivity contribution in [3.05, 3.63) is 59.9 Å². The summed E-state index contributed by atoms with van der Waals surface area (Å²) in [5, 5.41) is 8.88. The Morgan fingerprint density at radius 3 is 2.57 bits per heavy atom. The van der Waals surface area contributed by atoms with Crippen LogP contribution in [0.4, 0.5) is 5.82 Å². The van der Waals surface area contributed by atoms with Gasteiger partial charge >= 0.3 is 0 Å². The van der Waals surface area contributed by atoms with Gasteiger partial charge in [0.2, 0.25) is 10.0 Å². The highest BCUT2D eigenvalue weighted by Crippen LogP contribution is 2.21. The number of hydrogen-bond donors (Lipinski definition) is 2. The van der Waals surface area contributed by atoms with Gasteiger partial charge in [0.05, 0.1) is 16.2 Å². The minimum Gasteiger partial charge on any atom is -0.365 e. The first-order chi connectivity index (χ1) is 13.4. The summed E-state index contributed by atoms with van der Waals surface area (Å²) in [5.41, 5.74) is 2.61. The fraction of sp³-hybridized carbons (Fsp3) is 0.111. The largest absolute Gasteiger partial charge is 0.365 e. The van der Waals surface area contributed by atoms with Crippen molar-refractivity contribution < 1.29 is 13.2 Å². The van der Waals surface area contributed by atoms with Crippen molar-refractivity contribution >= 4 is 33.9 Å². The highest BCUT2D eigenvalue weighted by molar-refractivity contribution is 7.98. The van der Waals surface area contributed by atoms with Crippen molar-refractivity contribution in [1.29, 1.82) is 0 Å². The third-order valence-electron chi connectivity index (χ3n) is 3.87. The third kappa shape index (κ3) is 4.71. The number of nitrogens with zero attached hydrogens (tertiary/aromatic N) is 3. The Morgan fingerprint density at radius 2 is 1.93 bits per heavy atom. The molecule has 3 rings (SSSR count). The van der Waals surface area contributed by atoms with Crippen molar-refractivity contribution in [3.8, 4) is 11.3 Å². The van der Waals surface area contributed by atoms with E-state index in [0.29, 0.717) is 35.1 Å². The van der Waals surface area contributed by atoms with Gasteiger partial charge in [0.25, 0.3) is 0 Å². The van der Waals surface area contributed by atoms with Crippen LogP contribution in [0.5, 0.6) is 0 Å². The zero-order valence-electron chi connectivity index (χ0n) is 14.9. The zero-order chi connectivity index (χ0) is 20.1. The van der Waals surface area contributed by atoms with E-state index in [1.165, 1.54) is 36.3 Å². The first kappa shape index (κ1) is 19.9. The molecule has 0 radical (unpaired) electrons. The van der Waals surface area contributed by atoms with Gasteiger partial charge in [-0.25, -0.2) is 23.5 Å². The molecule has 0 saturated carbocycles. The molecule has 0 bridgehead atoms. The van der Waals surface area contributed by atoms with Crippen molar-refractivity contribution in [2.24, 2.45) is 5.14 Å². The van der Waals surface area contributed by atoms with Gasteiger partial charge in [-0.3, -0.25) is 9.78 Å². The quantitative estimate of drug-likeness (QED) is 0.342. The van der Waals surface area contributed by atoms with Gasteiger partial charge in [-0.2, -0.15) is 0 Å². The molecule has 0 aliphatic heterocycles. The van der Waals surface area contributed by atoms with Gasteiger partial charge in [-0.05, 0) is 24.0 Å². The van der Waals surface area contributed by atoms with Crippen LogP contribution in [0.1, 0.15) is 15.9 Å². The molecule has 0 unspecified atom stereocenters. The summed E-state index contributed by atoms with van der Waals surface area (Å²) in [4.78, 5) is 23.7. The number of sulfonamides is 1. The summed E-state index contributed by atoms with van der Waals surface area (Å²) < 4.78 is 23.0. The average molecular weight is 416 g/mol. The number of nitrogens with one attached hydrogen (secondary N) is 1. The Kier molecular flexibility index (Phi) is 6.02. The summed E-state index contributed by atoms with van der Waals surface area (Å²) in [5.74, 6) is 0.473. The Bertz CT molecular complexity index is 1100. The van der Waals surface area contributed by atoms with Crippen molar-refractivity contribution in [3.63, 3.8) is 0 Å². The Balaban J connectivity index is 1.76. The number of carbonyl (C=O) groups is 1. The number of carbonyl (C=O) groups excluding carboxylic acids is 1. The Morgan fingerprint density at radius 1 is 1.18 bits per heavy atom. The molecule has 10 heteroatoms. The van der Waals surface area contributed by atoms with Crippen LogP contribution in [-0.4, -0.2) is 35.9 Å². The van der Waals surface area contributed by atoms with E-state index < -0.39 is 10.0 Å². The second-order valence-corrected chi connectivity index (χ2v) is 8.09. The molecule has 0 aliphatic carbocycles. The summed E-state index contributed by atoms with van der Waals surface area (Å²) in [6.07, 6.45) is 5.46. The molecule has 144 valence electrons. The van der Waals surface area contributed by atoms with E-state index in [9.17, 15) is 13.2 Å². The number of primary sulfonamides is 1. The molecule has 3 aromatic rings. The number of nitrogens with two attached hydrogens (primary N) is 1. The number of aromatic nitrogens is 3. The maximum Gasteiger partial charge on any atom is 0.238 e. The first-order valence-electron chi connectivity index (χ1n) is 8.09. The van der Waals surface area contributed by atoms with Crippen molar-refractivity contribution in [2.75, 3.05) is 11.6 Å². The van der Waals surface area contributed by atoms with Crippen LogP contribution in [0.25, 0.3) is 11.3 Å². The molecule has 2 heterocycles. The van der Waals surface area contributed by atoms with E-state index in [-0.39, 0.29) is 4.90 Å². The van der Waals surface area contributed by atoms with Gasteiger partial charge in [-0.1, -0.05) is 36.0 Å². The molecule has 0 atom stereocenters. The maximum atomic E-state index is 11.5. The van der Waals surface area contributed by atoms with Crippen LogP contribution >= 0.6 is 11.8 Å². The topological polar surface area (TPSA) is 128 Å². The van der Waals surface area contributed by atoms with E-state index >= 15 is 0 Å². The van der Waals surface area contributed by atoms with Crippen LogP contribution in [0.2, 0.25) is 0 Å². The lowest BCUT2D eigenvalue weighted by atomic mass is 10.1. The smallest absolute Gasteiger partial charge is 0.238 e. The summed E-state index contributed by atoms with van der Waals surface area (Å²) in [6, 6.07) is 10.2. The van der Waals surface area contributed by atoms with Gasteiger partial charge in [0.15, 0.2) is 11.4 Å². The van der Waals surface area contributed by atoms with E-state index in [1.807, 2.05) is 30.5 Å². The number of anilines is 1. The molecular weight excluding hydrogens is 398 g/mol. The first-order valence-corrected chi connectivity index (χ1v) is 10.9. The predicted molar refractivity (Wildman–Crippen MR) is 108 cm³/mol. The average Bonchev–Trinajstić information content (AvgIpc) is 2.72. The SMILES string of the molecule is CSc1ncc(C=O)c(NCc2ccc(-c3cc(S(N)(=O)=O)ccn3)cc2)n1. The van der Waals surface area contributed by atoms with E-state index in [4.69, 9.17) is 5.14 Å². The maximum absolute atomic E-state index is 11.5. The lowest BCUT2D eigenvalue weighted by Crippen LogP contribution is -2.12. The third-order valence-corrected chi connectivity index (χ3v) is 5.35. The number of benzene rings is 1. The summed E-state index contributed by atoms with van der Waals surface area (Å²) >= 11 is 1.39. The minimum absolute atomic E-state index is 0.0120. The molecule has 1 aromatic carbocycles. The molecule has 0 saturated heterocycles. The molecule has 0 spiro atoms. The lowest BCUT2D eigenvalue weighted by Gasteiger charge is -2.09. The number of hydrogen-bond acceptors (Lipinski definition) is 8. The van der Waals surface area contributed by atoms with Crippen LogP contribution in [0.15, 0.2) is 58.8 Å². The normalized spacial score (nSPS) is 11.2. The van der Waals surface area contributed by atoms with E-state index in [1.54, 1.807) is 0 Å². The highest BCUT2D eigenvalue weighted by Gasteiger charge is 2.10. The van der Waals surface area contributed by atoms with Crippen LogP contribution in [0.3, 0.4) is 0 Å². The Hall–Kier alpha value is -2.82. The van der Waals surface area contributed by atoms with Crippen LogP contribution in [-0.2, 0) is 16.6 Å². The van der Waals surface area contributed by atoms with E-state index in [0.717, 1.165) is 11.1 Å². The lowest BCUT2D eigenvalue weighted by molar-refractivity contribution is 0.112. The molecular formula is C18H17N5O3S2. The van der Waals surface area contributed by atoms with Crippen LogP contribution < -0.4 is 10.5 Å². The molecule has 0 aliphatic rings. The fourth-order valence-electron chi connectivity index (χ4n) is 2.43. The number of thioether (sulfide) groups is 1. The molecule has 28 heavy (non-hydrogen) atoms. The monoisotopic (exact) mass is 415 g/mol. The Labute approximate surface area is 166 Å². The molecule has 0 amide bonds. The molecule has 3 N–H and O–H groups in total. The number of aldehydes is 1. The van der Waals surface area contributed by atoms with Gasteiger partial charge in [0.1, 0.15) is 5.82 Å². The fourth-order valence-corrected chi connectivity index (χ4v) is 3.29. The van der Waals surface area contributed by atoms with E-state index in [2.05, 4.69) is 20.3 Å². The van der Waals surface area contributed by atoms with Gasteiger partial charge in [0, 0.05) is 24.5 Å². The summed E-state index contributed by atoms with van der Waals surface area (Å²) in [6.45, 7) is 0.455. The predicted octanol–water partition coefficient (Wildman–Crippen LogP) is 2.33. The molecule has 8 nitrogen and oxygen atoms in total. The standard InChI is InChI=1S/C18H17N5O3S2/c1-27-18-22-10-14(11-24)17(23-18)21-9-12-2-4-13(5-3-12)16-8-15(6-7-20-16)28(19,25)26/h2-8,10-11H,9H2,1H3,(H2,19,25,26)(H,21,22,23). The van der Waals surface area contributed by atoms with Crippen molar-refractivity contribution in [1.82, 2.24) is 15.0 Å². The van der Waals surface area contributed by atoms with Crippen molar-refractivity contribution in [2.45, 2.75) is 16.6 Å². The second kappa shape index (κ2) is 8.46. The highest BCUT2D eigenvalue weighted by atomic mass is 32.2. The minimum atomic E-state index is -3.79. The number of rotatable bonds is 7.